The standard InChI is InChI=1S/C12H24BrNO/c1-6-9(4)7-10(5)14-12(15)11(13)8(2)3/h8-11H,6-7H2,1-5H3,(H,14,15). The predicted molar refractivity (Wildman–Crippen MR) is 69.2 cm³/mol. The van der Waals surface area contributed by atoms with E-state index in [1.54, 1.807) is 0 Å². The normalized spacial score (nSPS) is 17.3. The van der Waals surface area contributed by atoms with Crippen LogP contribution in [0.1, 0.15) is 47.5 Å². The Morgan fingerprint density at radius 1 is 1.27 bits per heavy atom. The molecule has 2 nitrogen and oxygen atoms in total. The van der Waals surface area contributed by atoms with Crippen LogP contribution >= 0.6 is 15.9 Å². The van der Waals surface area contributed by atoms with E-state index in [0.717, 1.165) is 6.42 Å². The Hall–Kier alpha value is -0.0500. The zero-order chi connectivity index (χ0) is 12.0. The van der Waals surface area contributed by atoms with Gasteiger partial charge in [-0.15, -0.1) is 0 Å². The molecule has 3 atom stereocenters. The second kappa shape index (κ2) is 7.26. The molecule has 0 saturated heterocycles. The smallest absolute Gasteiger partial charge is 0.234 e. The lowest BCUT2D eigenvalue weighted by Gasteiger charge is -2.20. The first-order chi connectivity index (χ1) is 6.88. The van der Waals surface area contributed by atoms with Gasteiger partial charge in [0, 0.05) is 6.04 Å². The number of hydrogen-bond acceptors (Lipinski definition) is 1. The van der Waals surface area contributed by atoms with Gasteiger partial charge in [-0.05, 0) is 25.2 Å². The van der Waals surface area contributed by atoms with E-state index in [1.165, 1.54) is 6.42 Å². The summed E-state index contributed by atoms with van der Waals surface area (Å²) in [6.07, 6.45) is 2.22. The Kier molecular flexibility index (Phi) is 7.24. The summed E-state index contributed by atoms with van der Waals surface area (Å²) in [6.45, 7) is 10.6. The SMILES string of the molecule is CCC(C)CC(C)NC(=O)C(Br)C(C)C. The van der Waals surface area contributed by atoms with Crippen LogP contribution in [0.5, 0.6) is 0 Å². The van der Waals surface area contributed by atoms with Crippen LogP contribution in [-0.2, 0) is 4.79 Å². The molecule has 0 spiro atoms. The quantitative estimate of drug-likeness (QED) is 0.742. The average molecular weight is 278 g/mol. The Labute approximate surface area is 102 Å². The van der Waals surface area contributed by atoms with Crippen LogP contribution in [0.15, 0.2) is 0 Å². The second-order valence-corrected chi connectivity index (χ2v) is 5.79. The second-order valence-electron chi connectivity index (χ2n) is 4.80. The number of nitrogens with one attached hydrogen (secondary N) is 1. The molecule has 0 fully saturated rings. The van der Waals surface area contributed by atoms with E-state index >= 15 is 0 Å². The van der Waals surface area contributed by atoms with E-state index < -0.39 is 0 Å². The lowest BCUT2D eigenvalue weighted by Crippen LogP contribution is -2.40. The molecule has 0 aromatic rings. The van der Waals surface area contributed by atoms with Gasteiger partial charge in [0.25, 0.3) is 0 Å². The molecule has 0 aromatic carbocycles. The zero-order valence-electron chi connectivity index (χ0n) is 10.5. The molecule has 0 bridgehead atoms. The monoisotopic (exact) mass is 277 g/mol. The summed E-state index contributed by atoms with van der Waals surface area (Å²) in [7, 11) is 0. The molecule has 0 saturated carbocycles. The van der Waals surface area contributed by atoms with Crippen LogP contribution in [0, 0.1) is 11.8 Å². The van der Waals surface area contributed by atoms with Crippen molar-refractivity contribution in [1.82, 2.24) is 5.32 Å². The molecule has 0 aliphatic rings. The van der Waals surface area contributed by atoms with Gasteiger partial charge in [-0.1, -0.05) is 50.0 Å². The van der Waals surface area contributed by atoms with E-state index in [2.05, 4.69) is 42.0 Å². The maximum Gasteiger partial charge on any atom is 0.234 e. The summed E-state index contributed by atoms with van der Waals surface area (Å²) in [5.74, 6) is 1.12. The van der Waals surface area contributed by atoms with E-state index in [-0.39, 0.29) is 16.8 Å². The van der Waals surface area contributed by atoms with E-state index in [9.17, 15) is 4.79 Å². The fraction of sp³-hybridized carbons (Fsp3) is 0.917. The van der Waals surface area contributed by atoms with Gasteiger partial charge in [0.15, 0.2) is 0 Å². The van der Waals surface area contributed by atoms with Crippen LogP contribution in [0.25, 0.3) is 0 Å². The topological polar surface area (TPSA) is 29.1 Å². The number of carbonyl (C=O) groups is 1. The summed E-state index contributed by atoms with van der Waals surface area (Å²) in [6, 6.07) is 0.270. The molecule has 0 radical (unpaired) electrons. The highest BCUT2D eigenvalue weighted by Crippen LogP contribution is 2.14. The molecule has 0 aliphatic carbocycles. The van der Waals surface area contributed by atoms with Crippen molar-refractivity contribution in [3.05, 3.63) is 0 Å². The van der Waals surface area contributed by atoms with Crippen LogP contribution in [0.2, 0.25) is 0 Å². The highest BCUT2D eigenvalue weighted by Gasteiger charge is 2.20. The Balaban J connectivity index is 3.96. The number of halogens is 1. The third-order valence-corrected chi connectivity index (χ3v) is 4.15. The maximum atomic E-state index is 11.7. The number of amides is 1. The largest absolute Gasteiger partial charge is 0.353 e. The predicted octanol–water partition coefficient (Wildman–Crippen LogP) is 3.35. The number of hydrogen-bond donors (Lipinski definition) is 1. The fourth-order valence-electron chi connectivity index (χ4n) is 1.45. The van der Waals surface area contributed by atoms with Crippen LogP contribution in [0.4, 0.5) is 0 Å². The van der Waals surface area contributed by atoms with Crippen molar-refractivity contribution in [2.75, 3.05) is 0 Å². The number of rotatable bonds is 6. The van der Waals surface area contributed by atoms with Crippen LogP contribution < -0.4 is 5.32 Å². The third kappa shape index (κ3) is 6.18. The molecular weight excluding hydrogens is 254 g/mol. The van der Waals surface area contributed by atoms with Crippen molar-refractivity contribution < 1.29 is 4.79 Å². The van der Waals surface area contributed by atoms with Gasteiger partial charge in [0.05, 0.1) is 4.83 Å². The molecule has 1 amide bonds. The molecule has 0 heterocycles. The minimum Gasteiger partial charge on any atom is -0.353 e. The summed E-state index contributed by atoms with van der Waals surface area (Å²) in [4.78, 5) is 11.6. The molecule has 15 heavy (non-hydrogen) atoms. The summed E-state index contributed by atoms with van der Waals surface area (Å²) >= 11 is 3.41. The summed E-state index contributed by atoms with van der Waals surface area (Å²) in [5, 5.41) is 3.04. The fourth-order valence-corrected chi connectivity index (χ4v) is 1.59. The molecular formula is C12H24BrNO. The van der Waals surface area contributed by atoms with Gasteiger partial charge in [-0.3, -0.25) is 4.79 Å². The Morgan fingerprint density at radius 2 is 1.80 bits per heavy atom. The van der Waals surface area contributed by atoms with E-state index in [1.807, 2.05) is 13.8 Å². The maximum absolute atomic E-state index is 11.7. The Bertz CT molecular complexity index is 194. The minimum atomic E-state index is -0.0723. The van der Waals surface area contributed by atoms with Crippen molar-refractivity contribution in [3.8, 4) is 0 Å². The van der Waals surface area contributed by atoms with Gasteiger partial charge in [-0.25, -0.2) is 0 Å². The molecule has 0 aromatic heterocycles. The first-order valence-electron chi connectivity index (χ1n) is 5.82. The zero-order valence-corrected chi connectivity index (χ0v) is 12.1. The lowest BCUT2D eigenvalue weighted by molar-refractivity contribution is -0.121. The molecule has 3 heteroatoms. The summed E-state index contributed by atoms with van der Waals surface area (Å²) in [5.41, 5.74) is 0. The molecule has 0 rings (SSSR count). The summed E-state index contributed by atoms with van der Waals surface area (Å²) < 4.78 is 0. The highest BCUT2D eigenvalue weighted by atomic mass is 79.9. The van der Waals surface area contributed by atoms with E-state index in [0.29, 0.717) is 11.8 Å². The molecule has 1 N–H and O–H groups in total. The van der Waals surface area contributed by atoms with E-state index in [4.69, 9.17) is 0 Å². The number of alkyl halides is 1. The average Bonchev–Trinajstić information content (AvgIpc) is 2.15. The molecule has 90 valence electrons. The lowest BCUT2D eigenvalue weighted by atomic mass is 10.00. The van der Waals surface area contributed by atoms with Gasteiger partial charge in [0.2, 0.25) is 5.91 Å². The van der Waals surface area contributed by atoms with Gasteiger partial charge < -0.3 is 5.32 Å². The van der Waals surface area contributed by atoms with Crippen molar-refractivity contribution in [1.29, 1.82) is 0 Å². The van der Waals surface area contributed by atoms with Crippen molar-refractivity contribution in [2.24, 2.45) is 11.8 Å². The minimum absolute atomic E-state index is 0.0723. The van der Waals surface area contributed by atoms with Crippen molar-refractivity contribution >= 4 is 21.8 Å². The van der Waals surface area contributed by atoms with Crippen LogP contribution in [-0.4, -0.2) is 16.8 Å². The third-order valence-electron chi connectivity index (χ3n) is 2.68. The number of carbonyl (C=O) groups excluding carboxylic acids is 1. The van der Waals surface area contributed by atoms with Gasteiger partial charge in [0.1, 0.15) is 0 Å². The Morgan fingerprint density at radius 3 is 2.20 bits per heavy atom. The van der Waals surface area contributed by atoms with Crippen LogP contribution in [0.3, 0.4) is 0 Å². The first-order valence-corrected chi connectivity index (χ1v) is 6.74. The highest BCUT2D eigenvalue weighted by molar-refractivity contribution is 9.10. The molecule has 0 aliphatic heterocycles. The van der Waals surface area contributed by atoms with Crippen molar-refractivity contribution in [2.45, 2.75) is 58.3 Å². The van der Waals surface area contributed by atoms with Gasteiger partial charge in [-0.2, -0.15) is 0 Å². The van der Waals surface area contributed by atoms with Gasteiger partial charge >= 0.3 is 0 Å². The molecule has 3 unspecified atom stereocenters. The first kappa shape index (κ1) is 14.9. The van der Waals surface area contributed by atoms with Crippen molar-refractivity contribution in [3.63, 3.8) is 0 Å².